The Morgan fingerprint density at radius 1 is 1.12 bits per heavy atom. The molecule has 0 unspecified atom stereocenters. The molecular weight excluding hydrogens is 411 g/mol. The number of hydrogen-bond donors (Lipinski definition) is 1. The van der Waals surface area contributed by atoms with Crippen molar-refractivity contribution in [1.82, 2.24) is 10.2 Å². The fourth-order valence-corrected chi connectivity index (χ4v) is 4.28. The molecule has 0 aromatic heterocycles. The van der Waals surface area contributed by atoms with Crippen LogP contribution in [0, 0.1) is 5.82 Å². The van der Waals surface area contributed by atoms with Crippen LogP contribution in [0.1, 0.15) is 50.2 Å². The maximum absolute atomic E-state index is 14.3. The Hall–Kier alpha value is -3.09. The number of carbonyl (C=O) groups is 2. The Bertz CT molecular complexity index is 974. The number of hydrogen-bond acceptors (Lipinski definition) is 4. The Balaban J connectivity index is 1.46. The highest BCUT2D eigenvalue weighted by Gasteiger charge is 2.29. The topological polar surface area (TPSA) is 67.9 Å². The van der Waals surface area contributed by atoms with Gasteiger partial charge >= 0.3 is 0 Å². The van der Waals surface area contributed by atoms with Crippen LogP contribution in [0.4, 0.5) is 4.39 Å². The number of nitrogens with zero attached hydrogens (tertiary/aromatic N) is 1. The van der Waals surface area contributed by atoms with Crippen molar-refractivity contribution in [2.75, 3.05) is 6.79 Å². The lowest BCUT2D eigenvalue weighted by Crippen LogP contribution is -2.49. The summed E-state index contributed by atoms with van der Waals surface area (Å²) >= 11 is 0. The van der Waals surface area contributed by atoms with Gasteiger partial charge in [-0.15, -0.1) is 0 Å². The van der Waals surface area contributed by atoms with Crippen LogP contribution >= 0.6 is 0 Å². The van der Waals surface area contributed by atoms with Gasteiger partial charge in [0.1, 0.15) is 11.9 Å². The first kappa shape index (κ1) is 22.1. The van der Waals surface area contributed by atoms with Crippen LogP contribution in [-0.4, -0.2) is 35.6 Å². The van der Waals surface area contributed by atoms with Gasteiger partial charge in [0, 0.05) is 24.6 Å². The maximum Gasteiger partial charge on any atom is 0.242 e. The van der Waals surface area contributed by atoms with Gasteiger partial charge in [0.2, 0.25) is 18.6 Å². The molecule has 6 nitrogen and oxygen atoms in total. The Labute approximate surface area is 187 Å². The van der Waals surface area contributed by atoms with Crippen molar-refractivity contribution in [1.29, 1.82) is 0 Å². The van der Waals surface area contributed by atoms with Gasteiger partial charge in [0.25, 0.3) is 0 Å². The van der Waals surface area contributed by atoms with Crippen LogP contribution in [0.2, 0.25) is 0 Å². The van der Waals surface area contributed by atoms with Crippen molar-refractivity contribution in [2.24, 2.45) is 0 Å². The molecule has 4 rings (SSSR count). The summed E-state index contributed by atoms with van der Waals surface area (Å²) in [7, 11) is 0. The van der Waals surface area contributed by atoms with Gasteiger partial charge < -0.3 is 19.7 Å². The number of aryl methyl sites for hydroxylation is 1. The van der Waals surface area contributed by atoms with Crippen LogP contribution in [-0.2, 0) is 22.6 Å². The Morgan fingerprint density at radius 2 is 1.88 bits per heavy atom. The van der Waals surface area contributed by atoms with Gasteiger partial charge in [-0.1, -0.05) is 37.1 Å². The molecule has 2 aromatic rings. The number of halogens is 1. The van der Waals surface area contributed by atoms with Crippen molar-refractivity contribution in [3.63, 3.8) is 0 Å². The van der Waals surface area contributed by atoms with E-state index in [9.17, 15) is 14.0 Å². The molecule has 7 heteroatoms. The number of amides is 2. The molecule has 1 aliphatic heterocycles. The van der Waals surface area contributed by atoms with Crippen molar-refractivity contribution in [3.05, 3.63) is 59.4 Å². The van der Waals surface area contributed by atoms with E-state index in [2.05, 4.69) is 5.32 Å². The van der Waals surface area contributed by atoms with Crippen molar-refractivity contribution in [3.8, 4) is 11.5 Å². The predicted molar refractivity (Wildman–Crippen MR) is 118 cm³/mol. The first-order valence-corrected chi connectivity index (χ1v) is 11.2. The van der Waals surface area contributed by atoms with Crippen LogP contribution in [0.15, 0.2) is 42.5 Å². The van der Waals surface area contributed by atoms with Crippen LogP contribution in [0.5, 0.6) is 11.5 Å². The number of ether oxygens (including phenoxy) is 2. The third kappa shape index (κ3) is 5.21. The molecule has 0 spiro atoms. The molecule has 0 radical (unpaired) electrons. The van der Waals surface area contributed by atoms with E-state index in [1.807, 2.05) is 18.2 Å². The molecule has 0 saturated heterocycles. The highest BCUT2D eigenvalue weighted by molar-refractivity contribution is 5.87. The maximum atomic E-state index is 14.3. The summed E-state index contributed by atoms with van der Waals surface area (Å²) in [5, 5.41) is 3.06. The second-order valence-corrected chi connectivity index (χ2v) is 8.47. The van der Waals surface area contributed by atoms with Crippen molar-refractivity contribution >= 4 is 11.8 Å². The number of nitrogens with one attached hydrogen (secondary N) is 1. The van der Waals surface area contributed by atoms with Crippen LogP contribution < -0.4 is 14.8 Å². The van der Waals surface area contributed by atoms with Crippen molar-refractivity contribution in [2.45, 2.75) is 64.1 Å². The van der Waals surface area contributed by atoms with E-state index >= 15 is 0 Å². The summed E-state index contributed by atoms with van der Waals surface area (Å²) in [5.74, 6) is 0.593. The van der Waals surface area contributed by atoms with Crippen molar-refractivity contribution < 1.29 is 23.5 Å². The molecule has 2 aromatic carbocycles. The molecule has 1 aliphatic carbocycles. The van der Waals surface area contributed by atoms with Gasteiger partial charge in [-0.25, -0.2) is 4.39 Å². The minimum absolute atomic E-state index is 0.0475. The molecule has 32 heavy (non-hydrogen) atoms. The molecule has 0 bridgehead atoms. The van der Waals surface area contributed by atoms with E-state index in [4.69, 9.17) is 9.47 Å². The number of fused-ring (bicyclic) bond motifs is 1. The molecule has 1 saturated carbocycles. The van der Waals surface area contributed by atoms with Gasteiger partial charge in [-0.05, 0) is 49.9 Å². The summed E-state index contributed by atoms with van der Waals surface area (Å²) in [6.45, 7) is 1.96. The third-order valence-corrected chi connectivity index (χ3v) is 6.23. The average molecular weight is 441 g/mol. The minimum Gasteiger partial charge on any atom is -0.454 e. The Kier molecular flexibility index (Phi) is 6.93. The van der Waals surface area contributed by atoms with Gasteiger partial charge in [-0.2, -0.15) is 0 Å². The standard InChI is InChI=1S/C25H29FN2O4/c1-17(25(30)27-20-7-3-4-8-20)28(15-19-6-2-5-9-21(19)26)24(29)13-11-18-10-12-22-23(14-18)32-16-31-22/h2,5-6,9-10,12,14,17,20H,3-4,7-8,11,13,15-16H2,1H3,(H,27,30)/t17-/m0/s1. The predicted octanol–water partition coefficient (Wildman–Crippen LogP) is 3.96. The van der Waals surface area contributed by atoms with E-state index in [0.29, 0.717) is 23.5 Å². The molecule has 1 N–H and O–H groups in total. The van der Waals surface area contributed by atoms with E-state index < -0.39 is 6.04 Å². The second kappa shape index (κ2) is 10.0. The minimum atomic E-state index is -0.695. The highest BCUT2D eigenvalue weighted by atomic mass is 19.1. The first-order valence-electron chi connectivity index (χ1n) is 11.2. The fraction of sp³-hybridized carbons (Fsp3) is 0.440. The number of rotatable bonds is 8. The quantitative estimate of drug-likeness (QED) is 0.675. The van der Waals surface area contributed by atoms with Gasteiger partial charge in [0.05, 0.1) is 0 Å². The number of benzene rings is 2. The monoisotopic (exact) mass is 440 g/mol. The molecule has 170 valence electrons. The lowest BCUT2D eigenvalue weighted by molar-refractivity contribution is -0.140. The fourth-order valence-electron chi connectivity index (χ4n) is 4.28. The lowest BCUT2D eigenvalue weighted by atomic mass is 10.1. The second-order valence-electron chi connectivity index (χ2n) is 8.47. The SMILES string of the molecule is C[C@@H](C(=O)NC1CCCC1)N(Cc1ccccc1F)C(=O)CCc1ccc2c(c1)OCO2. The molecule has 1 fully saturated rings. The molecule has 2 amide bonds. The Morgan fingerprint density at radius 3 is 2.66 bits per heavy atom. The van der Waals surface area contributed by atoms with Crippen LogP contribution in [0.3, 0.4) is 0 Å². The summed E-state index contributed by atoms with van der Waals surface area (Å²) in [5.41, 5.74) is 1.33. The summed E-state index contributed by atoms with van der Waals surface area (Å²) in [6.07, 6.45) is 4.82. The van der Waals surface area contributed by atoms with E-state index in [1.54, 1.807) is 25.1 Å². The lowest BCUT2D eigenvalue weighted by Gasteiger charge is -2.30. The zero-order valence-electron chi connectivity index (χ0n) is 18.3. The summed E-state index contributed by atoms with van der Waals surface area (Å²) < 4.78 is 25.1. The molecule has 1 heterocycles. The zero-order chi connectivity index (χ0) is 22.5. The summed E-state index contributed by atoms with van der Waals surface area (Å²) in [4.78, 5) is 27.6. The van der Waals surface area contributed by atoms with E-state index in [-0.39, 0.29) is 43.4 Å². The zero-order valence-corrected chi connectivity index (χ0v) is 18.3. The summed E-state index contributed by atoms with van der Waals surface area (Å²) in [6, 6.07) is 11.4. The number of carbonyl (C=O) groups excluding carboxylic acids is 2. The molecule has 1 atom stereocenters. The first-order chi connectivity index (χ1) is 15.5. The smallest absolute Gasteiger partial charge is 0.242 e. The molecular formula is C25H29FN2O4. The molecule has 2 aliphatic rings. The van der Waals surface area contributed by atoms with E-state index in [0.717, 1.165) is 31.2 Å². The van der Waals surface area contributed by atoms with Gasteiger partial charge in [-0.3, -0.25) is 9.59 Å². The highest BCUT2D eigenvalue weighted by Crippen LogP contribution is 2.32. The normalized spacial score (nSPS) is 16.1. The van der Waals surface area contributed by atoms with Gasteiger partial charge in [0.15, 0.2) is 11.5 Å². The average Bonchev–Trinajstić information content (AvgIpc) is 3.48. The van der Waals surface area contributed by atoms with Crippen LogP contribution in [0.25, 0.3) is 0 Å². The van der Waals surface area contributed by atoms with E-state index in [1.165, 1.54) is 11.0 Å². The largest absolute Gasteiger partial charge is 0.454 e. The third-order valence-electron chi connectivity index (χ3n) is 6.23.